The summed E-state index contributed by atoms with van der Waals surface area (Å²) in [7, 11) is 0. The number of amides is 1. The van der Waals surface area contributed by atoms with Crippen LogP contribution in [-0.2, 0) is 0 Å². The molecule has 1 amide bonds. The molecule has 0 saturated carbocycles. The SMILES string of the molecule is CCNC(=O)c1ccc(C)c(N2CCNCC2)c1. The fraction of sp³-hybridized carbons (Fsp3) is 0.500. The van der Waals surface area contributed by atoms with E-state index < -0.39 is 0 Å². The fourth-order valence-electron chi connectivity index (χ4n) is 2.26. The van der Waals surface area contributed by atoms with Gasteiger partial charge in [0.25, 0.3) is 5.91 Å². The Kier molecular flexibility index (Phi) is 4.20. The van der Waals surface area contributed by atoms with Crippen molar-refractivity contribution in [2.75, 3.05) is 37.6 Å². The number of hydrogen-bond acceptors (Lipinski definition) is 3. The van der Waals surface area contributed by atoms with E-state index in [4.69, 9.17) is 0 Å². The third-order valence-corrected chi connectivity index (χ3v) is 3.27. The number of carbonyl (C=O) groups excluding carboxylic acids is 1. The molecule has 1 heterocycles. The normalized spacial score (nSPS) is 15.6. The number of benzene rings is 1. The molecule has 1 fully saturated rings. The van der Waals surface area contributed by atoms with Gasteiger partial charge in [-0.05, 0) is 31.5 Å². The van der Waals surface area contributed by atoms with Crippen LogP contribution in [0.1, 0.15) is 22.8 Å². The molecule has 1 saturated heterocycles. The van der Waals surface area contributed by atoms with Crippen LogP contribution in [0.25, 0.3) is 0 Å². The lowest BCUT2D eigenvalue weighted by Gasteiger charge is -2.31. The molecular formula is C14H21N3O. The lowest BCUT2D eigenvalue weighted by molar-refractivity contribution is 0.0956. The van der Waals surface area contributed by atoms with Crippen molar-refractivity contribution in [3.05, 3.63) is 29.3 Å². The summed E-state index contributed by atoms with van der Waals surface area (Å²) in [6, 6.07) is 5.93. The van der Waals surface area contributed by atoms with Gasteiger partial charge in [-0.25, -0.2) is 0 Å². The maximum absolute atomic E-state index is 11.8. The Hall–Kier alpha value is -1.55. The number of anilines is 1. The molecule has 1 aliphatic rings. The lowest BCUT2D eigenvalue weighted by atomic mass is 10.1. The van der Waals surface area contributed by atoms with Crippen molar-refractivity contribution in [3.8, 4) is 0 Å². The first-order valence-electron chi connectivity index (χ1n) is 6.57. The maximum atomic E-state index is 11.8. The molecular weight excluding hydrogens is 226 g/mol. The molecule has 4 nitrogen and oxygen atoms in total. The molecule has 0 unspecified atom stereocenters. The fourth-order valence-corrected chi connectivity index (χ4v) is 2.26. The number of aryl methyl sites for hydroxylation is 1. The van der Waals surface area contributed by atoms with Crippen LogP contribution >= 0.6 is 0 Å². The molecule has 2 N–H and O–H groups in total. The number of carbonyl (C=O) groups is 1. The van der Waals surface area contributed by atoms with Gasteiger partial charge in [0.1, 0.15) is 0 Å². The van der Waals surface area contributed by atoms with Crippen molar-refractivity contribution in [2.24, 2.45) is 0 Å². The molecule has 1 aromatic rings. The standard InChI is InChI=1S/C14H21N3O/c1-3-16-14(18)12-5-4-11(2)13(10-12)17-8-6-15-7-9-17/h4-5,10,15H,3,6-9H2,1-2H3,(H,16,18). The Balaban J connectivity index is 2.23. The summed E-state index contributed by atoms with van der Waals surface area (Å²) in [6.07, 6.45) is 0. The first kappa shape index (κ1) is 12.9. The zero-order valence-corrected chi connectivity index (χ0v) is 11.1. The Bertz CT molecular complexity index is 425. The summed E-state index contributed by atoms with van der Waals surface area (Å²) >= 11 is 0. The van der Waals surface area contributed by atoms with Crippen LogP contribution in [0.3, 0.4) is 0 Å². The second kappa shape index (κ2) is 5.87. The van der Waals surface area contributed by atoms with E-state index in [1.807, 2.05) is 25.1 Å². The van der Waals surface area contributed by atoms with Crippen molar-refractivity contribution in [1.29, 1.82) is 0 Å². The predicted molar refractivity (Wildman–Crippen MR) is 74.3 cm³/mol. The van der Waals surface area contributed by atoms with E-state index in [0.717, 1.165) is 31.7 Å². The van der Waals surface area contributed by atoms with Crippen LogP contribution in [0, 0.1) is 6.92 Å². The van der Waals surface area contributed by atoms with Crippen LogP contribution in [0.2, 0.25) is 0 Å². The van der Waals surface area contributed by atoms with Crippen LogP contribution in [0.15, 0.2) is 18.2 Å². The minimum absolute atomic E-state index is 0.00823. The summed E-state index contributed by atoms with van der Waals surface area (Å²) in [5.74, 6) is 0.00823. The molecule has 1 aliphatic heterocycles. The van der Waals surface area contributed by atoms with E-state index >= 15 is 0 Å². The van der Waals surface area contributed by atoms with Gasteiger partial charge in [0.2, 0.25) is 0 Å². The van der Waals surface area contributed by atoms with Crippen molar-refractivity contribution >= 4 is 11.6 Å². The topological polar surface area (TPSA) is 44.4 Å². The van der Waals surface area contributed by atoms with Gasteiger partial charge in [-0.2, -0.15) is 0 Å². The highest BCUT2D eigenvalue weighted by atomic mass is 16.1. The molecule has 0 spiro atoms. The minimum Gasteiger partial charge on any atom is -0.369 e. The van der Waals surface area contributed by atoms with Crippen LogP contribution in [0.5, 0.6) is 0 Å². The first-order chi connectivity index (χ1) is 8.72. The predicted octanol–water partition coefficient (Wildman–Crippen LogP) is 1.15. The van der Waals surface area contributed by atoms with E-state index in [2.05, 4.69) is 22.5 Å². The number of rotatable bonds is 3. The van der Waals surface area contributed by atoms with Gasteiger partial charge < -0.3 is 15.5 Å². The highest BCUT2D eigenvalue weighted by Gasteiger charge is 2.14. The van der Waals surface area contributed by atoms with Gasteiger partial charge in [0.15, 0.2) is 0 Å². The minimum atomic E-state index is 0.00823. The van der Waals surface area contributed by atoms with E-state index in [9.17, 15) is 4.79 Å². The number of hydrogen-bond donors (Lipinski definition) is 2. The third-order valence-electron chi connectivity index (χ3n) is 3.27. The maximum Gasteiger partial charge on any atom is 0.251 e. The van der Waals surface area contributed by atoms with Crippen LogP contribution in [0.4, 0.5) is 5.69 Å². The van der Waals surface area contributed by atoms with Gasteiger partial charge in [-0.1, -0.05) is 6.07 Å². The molecule has 4 heteroatoms. The Morgan fingerprint density at radius 3 is 2.78 bits per heavy atom. The highest BCUT2D eigenvalue weighted by Crippen LogP contribution is 2.22. The average molecular weight is 247 g/mol. The van der Waals surface area contributed by atoms with Crippen molar-refractivity contribution in [2.45, 2.75) is 13.8 Å². The van der Waals surface area contributed by atoms with E-state index in [0.29, 0.717) is 6.54 Å². The molecule has 18 heavy (non-hydrogen) atoms. The van der Waals surface area contributed by atoms with Crippen molar-refractivity contribution in [3.63, 3.8) is 0 Å². The molecule has 2 rings (SSSR count). The molecule has 0 atom stereocenters. The smallest absolute Gasteiger partial charge is 0.251 e. The van der Waals surface area contributed by atoms with Gasteiger partial charge in [0.05, 0.1) is 0 Å². The third kappa shape index (κ3) is 2.82. The number of nitrogens with one attached hydrogen (secondary N) is 2. The molecule has 98 valence electrons. The van der Waals surface area contributed by atoms with Crippen LogP contribution in [-0.4, -0.2) is 38.6 Å². The summed E-state index contributed by atoms with van der Waals surface area (Å²) < 4.78 is 0. The van der Waals surface area contributed by atoms with E-state index in [-0.39, 0.29) is 5.91 Å². The molecule has 0 aliphatic carbocycles. The van der Waals surface area contributed by atoms with Crippen molar-refractivity contribution in [1.82, 2.24) is 10.6 Å². The summed E-state index contributed by atoms with van der Waals surface area (Å²) in [5.41, 5.74) is 3.15. The number of nitrogens with zero attached hydrogens (tertiary/aromatic N) is 1. The number of piperazine rings is 1. The quantitative estimate of drug-likeness (QED) is 0.842. The summed E-state index contributed by atoms with van der Waals surface area (Å²) in [6.45, 7) is 8.70. The Morgan fingerprint density at radius 1 is 1.39 bits per heavy atom. The second-order valence-electron chi connectivity index (χ2n) is 4.60. The van der Waals surface area contributed by atoms with Gasteiger partial charge in [-0.3, -0.25) is 4.79 Å². The summed E-state index contributed by atoms with van der Waals surface area (Å²) in [5, 5.41) is 6.18. The van der Waals surface area contributed by atoms with E-state index in [1.54, 1.807) is 0 Å². The highest BCUT2D eigenvalue weighted by molar-refractivity contribution is 5.95. The Labute approximate surface area is 108 Å². The molecule has 0 radical (unpaired) electrons. The Morgan fingerprint density at radius 2 is 2.11 bits per heavy atom. The lowest BCUT2D eigenvalue weighted by Crippen LogP contribution is -2.43. The molecule has 0 bridgehead atoms. The monoisotopic (exact) mass is 247 g/mol. The second-order valence-corrected chi connectivity index (χ2v) is 4.60. The summed E-state index contributed by atoms with van der Waals surface area (Å²) in [4.78, 5) is 14.2. The van der Waals surface area contributed by atoms with E-state index in [1.165, 1.54) is 11.3 Å². The zero-order chi connectivity index (χ0) is 13.0. The van der Waals surface area contributed by atoms with Crippen molar-refractivity contribution < 1.29 is 4.79 Å². The first-order valence-corrected chi connectivity index (χ1v) is 6.57. The van der Waals surface area contributed by atoms with Gasteiger partial charge in [0, 0.05) is 44.0 Å². The molecule has 1 aromatic carbocycles. The van der Waals surface area contributed by atoms with Crippen LogP contribution < -0.4 is 15.5 Å². The zero-order valence-electron chi connectivity index (χ0n) is 11.1. The van der Waals surface area contributed by atoms with Gasteiger partial charge in [-0.15, -0.1) is 0 Å². The van der Waals surface area contributed by atoms with Gasteiger partial charge >= 0.3 is 0 Å². The molecule has 0 aromatic heterocycles. The average Bonchev–Trinajstić information content (AvgIpc) is 2.40. The largest absolute Gasteiger partial charge is 0.369 e.